The van der Waals surface area contributed by atoms with Gasteiger partial charge in [0.15, 0.2) is 0 Å². The number of anilines is 1. The van der Waals surface area contributed by atoms with Crippen molar-refractivity contribution in [1.29, 1.82) is 0 Å². The number of hydrogen-bond donors (Lipinski definition) is 2. The lowest BCUT2D eigenvalue weighted by molar-refractivity contribution is 0.492. The van der Waals surface area contributed by atoms with Crippen LogP contribution in [0.2, 0.25) is 0 Å². The molecule has 20 heavy (non-hydrogen) atoms. The Kier molecular flexibility index (Phi) is 5.50. The van der Waals surface area contributed by atoms with Gasteiger partial charge < -0.3 is 10.6 Å². The van der Waals surface area contributed by atoms with Crippen LogP contribution in [-0.4, -0.2) is 17.0 Å². The molecule has 2 aromatic rings. The Bertz CT molecular complexity index is 496. The number of benzene rings is 1. The van der Waals surface area contributed by atoms with Crippen molar-refractivity contribution >= 4 is 5.95 Å². The summed E-state index contributed by atoms with van der Waals surface area (Å²) in [5.74, 6) is 0.655. The maximum Gasteiger partial charge on any atom is 0.222 e. The number of nitrogens with one attached hydrogen (secondary N) is 2. The van der Waals surface area contributed by atoms with Crippen LogP contribution in [0.3, 0.4) is 0 Å². The Morgan fingerprint density at radius 3 is 2.40 bits per heavy atom. The molecule has 2 rings (SSSR count). The number of aromatic nitrogens is 2. The standard InChI is InChI=1S/C16H22N4/c1-3-7-15(14-8-5-4-6-9-14)18-10-13-11-19-16(17-2)20-12-13/h4-6,8-9,11-12,15,18H,3,7,10H2,1-2H3,(H,17,19,20). The molecule has 1 heterocycles. The Balaban J connectivity index is 1.98. The van der Waals surface area contributed by atoms with Gasteiger partial charge in [-0.2, -0.15) is 0 Å². The van der Waals surface area contributed by atoms with Gasteiger partial charge in [-0.3, -0.25) is 0 Å². The second kappa shape index (κ2) is 7.60. The SMILES string of the molecule is CCCC(NCc1cnc(NC)nc1)c1ccccc1. The summed E-state index contributed by atoms with van der Waals surface area (Å²) in [6.45, 7) is 2.99. The fourth-order valence-corrected chi connectivity index (χ4v) is 2.18. The molecule has 0 aliphatic rings. The normalized spacial score (nSPS) is 12.1. The van der Waals surface area contributed by atoms with Gasteiger partial charge in [-0.15, -0.1) is 0 Å². The molecule has 0 amide bonds. The first-order chi connectivity index (χ1) is 9.83. The highest BCUT2D eigenvalue weighted by atomic mass is 15.1. The molecule has 1 aromatic heterocycles. The van der Waals surface area contributed by atoms with Gasteiger partial charge in [0.1, 0.15) is 0 Å². The molecule has 0 saturated carbocycles. The molecule has 2 N–H and O–H groups in total. The van der Waals surface area contributed by atoms with E-state index in [1.54, 1.807) is 0 Å². The predicted molar refractivity (Wildman–Crippen MR) is 82.5 cm³/mol. The van der Waals surface area contributed by atoms with Gasteiger partial charge >= 0.3 is 0 Å². The molecule has 106 valence electrons. The number of nitrogens with zero attached hydrogens (tertiary/aromatic N) is 2. The molecule has 0 fully saturated rings. The maximum absolute atomic E-state index is 4.23. The Labute approximate surface area is 120 Å². The second-order valence-electron chi connectivity index (χ2n) is 4.80. The van der Waals surface area contributed by atoms with Crippen molar-refractivity contribution in [3.05, 3.63) is 53.9 Å². The zero-order chi connectivity index (χ0) is 14.2. The van der Waals surface area contributed by atoms with E-state index in [1.165, 1.54) is 5.56 Å². The molecular formula is C16H22N4. The highest BCUT2D eigenvalue weighted by Crippen LogP contribution is 2.18. The predicted octanol–water partition coefficient (Wildman–Crippen LogP) is 3.15. The van der Waals surface area contributed by atoms with Crippen LogP contribution in [0.25, 0.3) is 0 Å². The molecule has 0 saturated heterocycles. The monoisotopic (exact) mass is 270 g/mol. The van der Waals surface area contributed by atoms with E-state index in [2.05, 4.69) is 57.9 Å². The maximum atomic E-state index is 4.23. The molecule has 1 unspecified atom stereocenters. The van der Waals surface area contributed by atoms with E-state index in [1.807, 2.05) is 19.4 Å². The summed E-state index contributed by atoms with van der Waals surface area (Å²) in [6.07, 6.45) is 6.00. The van der Waals surface area contributed by atoms with Crippen LogP contribution in [0, 0.1) is 0 Å². The largest absolute Gasteiger partial charge is 0.357 e. The molecule has 4 heteroatoms. The van der Waals surface area contributed by atoms with Crippen LogP contribution >= 0.6 is 0 Å². The topological polar surface area (TPSA) is 49.8 Å². The summed E-state index contributed by atoms with van der Waals surface area (Å²) < 4.78 is 0. The molecular weight excluding hydrogens is 248 g/mol. The van der Waals surface area contributed by atoms with Gasteiger partial charge in [0.2, 0.25) is 5.95 Å². The highest BCUT2D eigenvalue weighted by molar-refractivity contribution is 5.23. The van der Waals surface area contributed by atoms with Crippen LogP contribution in [-0.2, 0) is 6.54 Å². The average molecular weight is 270 g/mol. The molecule has 0 spiro atoms. The first kappa shape index (κ1) is 14.5. The van der Waals surface area contributed by atoms with E-state index in [-0.39, 0.29) is 0 Å². The van der Waals surface area contributed by atoms with Crippen molar-refractivity contribution in [3.8, 4) is 0 Å². The van der Waals surface area contributed by atoms with Gasteiger partial charge in [-0.05, 0) is 12.0 Å². The summed E-state index contributed by atoms with van der Waals surface area (Å²) >= 11 is 0. The molecule has 1 atom stereocenters. The lowest BCUT2D eigenvalue weighted by atomic mass is 10.0. The summed E-state index contributed by atoms with van der Waals surface area (Å²) in [5, 5.41) is 6.51. The zero-order valence-corrected chi connectivity index (χ0v) is 12.1. The third-order valence-electron chi connectivity index (χ3n) is 3.26. The third kappa shape index (κ3) is 4.03. The van der Waals surface area contributed by atoms with Crippen LogP contribution in [0.5, 0.6) is 0 Å². The number of hydrogen-bond acceptors (Lipinski definition) is 4. The van der Waals surface area contributed by atoms with Crippen molar-refractivity contribution in [2.75, 3.05) is 12.4 Å². The van der Waals surface area contributed by atoms with E-state index in [0.717, 1.165) is 24.9 Å². The van der Waals surface area contributed by atoms with Crippen molar-refractivity contribution in [2.45, 2.75) is 32.4 Å². The van der Waals surface area contributed by atoms with Crippen molar-refractivity contribution in [2.24, 2.45) is 0 Å². The lowest BCUT2D eigenvalue weighted by Gasteiger charge is -2.18. The smallest absolute Gasteiger partial charge is 0.222 e. The molecule has 0 aliphatic carbocycles. The Morgan fingerprint density at radius 1 is 1.10 bits per heavy atom. The molecule has 0 aliphatic heterocycles. The summed E-state index contributed by atoms with van der Waals surface area (Å²) in [7, 11) is 1.82. The van der Waals surface area contributed by atoms with Crippen molar-refractivity contribution < 1.29 is 0 Å². The van der Waals surface area contributed by atoms with Gasteiger partial charge in [0.25, 0.3) is 0 Å². The molecule has 0 bridgehead atoms. The summed E-state index contributed by atoms with van der Waals surface area (Å²) in [6, 6.07) is 11.0. The number of rotatable bonds is 7. The third-order valence-corrected chi connectivity index (χ3v) is 3.26. The van der Waals surface area contributed by atoms with Crippen LogP contribution in [0.15, 0.2) is 42.7 Å². The highest BCUT2D eigenvalue weighted by Gasteiger charge is 2.09. The van der Waals surface area contributed by atoms with E-state index in [0.29, 0.717) is 12.0 Å². The quantitative estimate of drug-likeness (QED) is 0.811. The minimum Gasteiger partial charge on any atom is -0.357 e. The van der Waals surface area contributed by atoms with Gasteiger partial charge in [-0.25, -0.2) is 9.97 Å². The first-order valence-corrected chi connectivity index (χ1v) is 7.10. The van der Waals surface area contributed by atoms with Crippen molar-refractivity contribution in [3.63, 3.8) is 0 Å². The Hall–Kier alpha value is -1.94. The Morgan fingerprint density at radius 2 is 1.80 bits per heavy atom. The van der Waals surface area contributed by atoms with Gasteiger partial charge in [-0.1, -0.05) is 43.7 Å². The van der Waals surface area contributed by atoms with Gasteiger partial charge in [0.05, 0.1) is 0 Å². The van der Waals surface area contributed by atoms with Gasteiger partial charge in [0, 0.05) is 37.6 Å². The first-order valence-electron chi connectivity index (χ1n) is 7.10. The fraction of sp³-hybridized carbons (Fsp3) is 0.375. The second-order valence-corrected chi connectivity index (χ2v) is 4.80. The molecule has 1 aromatic carbocycles. The van der Waals surface area contributed by atoms with E-state index in [4.69, 9.17) is 0 Å². The summed E-state index contributed by atoms with van der Waals surface area (Å²) in [4.78, 5) is 8.46. The zero-order valence-electron chi connectivity index (χ0n) is 12.1. The van der Waals surface area contributed by atoms with E-state index >= 15 is 0 Å². The van der Waals surface area contributed by atoms with Crippen LogP contribution in [0.1, 0.15) is 36.9 Å². The minimum absolute atomic E-state index is 0.380. The summed E-state index contributed by atoms with van der Waals surface area (Å²) in [5.41, 5.74) is 2.43. The fourth-order valence-electron chi connectivity index (χ4n) is 2.18. The lowest BCUT2D eigenvalue weighted by Crippen LogP contribution is -2.21. The van der Waals surface area contributed by atoms with E-state index < -0.39 is 0 Å². The minimum atomic E-state index is 0.380. The molecule has 4 nitrogen and oxygen atoms in total. The molecule has 0 radical (unpaired) electrons. The average Bonchev–Trinajstić information content (AvgIpc) is 2.53. The van der Waals surface area contributed by atoms with E-state index in [9.17, 15) is 0 Å². The van der Waals surface area contributed by atoms with Crippen LogP contribution in [0.4, 0.5) is 5.95 Å². The van der Waals surface area contributed by atoms with Crippen LogP contribution < -0.4 is 10.6 Å². The van der Waals surface area contributed by atoms with Crippen molar-refractivity contribution in [1.82, 2.24) is 15.3 Å².